The predicted molar refractivity (Wildman–Crippen MR) is 57.3 cm³/mol. The summed E-state index contributed by atoms with van der Waals surface area (Å²) in [6.45, 7) is -1.39. The van der Waals surface area contributed by atoms with Crippen LogP contribution in [0.3, 0.4) is 0 Å². The van der Waals surface area contributed by atoms with Crippen molar-refractivity contribution in [2.24, 2.45) is 0 Å². The third-order valence-corrected chi connectivity index (χ3v) is 2.15. The van der Waals surface area contributed by atoms with Crippen molar-refractivity contribution in [1.29, 1.82) is 0 Å². The summed E-state index contributed by atoms with van der Waals surface area (Å²) in [5.41, 5.74) is 6.25. The van der Waals surface area contributed by atoms with Gasteiger partial charge in [0.2, 0.25) is 0 Å². The molecule has 0 aromatic carbocycles. The van der Waals surface area contributed by atoms with E-state index in [0.29, 0.717) is 5.56 Å². The summed E-state index contributed by atoms with van der Waals surface area (Å²) < 4.78 is 40.3. The minimum absolute atomic E-state index is 0.119. The van der Waals surface area contributed by atoms with Crippen molar-refractivity contribution in [2.45, 2.75) is 12.2 Å². The minimum atomic E-state index is -4.32. The number of nitrogen functional groups attached to an aromatic ring is 1. The van der Waals surface area contributed by atoms with Gasteiger partial charge >= 0.3 is 6.18 Å². The molecule has 0 spiro atoms. The van der Waals surface area contributed by atoms with Crippen LogP contribution in [0.25, 0.3) is 0 Å². The van der Waals surface area contributed by atoms with Crippen molar-refractivity contribution in [1.82, 2.24) is 10.3 Å². The van der Waals surface area contributed by atoms with Crippen LogP contribution < -0.4 is 11.1 Å². The normalized spacial score (nSPS) is 13.6. The van der Waals surface area contributed by atoms with E-state index >= 15 is 0 Å². The molecule has 0 amide bonds. The Bertz CT molecular complexity index is 357. The van der Waals surface area contributed by atoms with E-state index < -0.39 is 18.8 Å². The van der Waals surface area contributed by atoms with Crippen LogP contribution in [0.4, 0.5) is 19.0 Å². The van der Waals surface area contributed by atoms with Gasteiger partial charge in [0, 0.05) is 11.8 Å². The molecular formula is C10H14F3N3O. The zero-order chi connectivity index (χ0) is 12.9. The van der Waals surface area contributed by atoms with Crippen molar-refractivity contribution < 1.29 is 17.9 Å². The van der Waals surface area contributed by atoms with E-state index in [4.69, 9.17) is 5.73 Å². The van der Waals surface area contributed by atoms with Crippen molar-refractivity contribution in [3.63, 3.8) is 0 Å². The Labute approximate surface area is 97.0 Å². The van der Waals surface area contributed by atoms with Crippen molar-refractivity contribution in [2.75, 3.05) is 26.0 Å². The van der Waals surface area contributed by atoms with Gasteiger partial charge in [-0.05, 0) is 13.1 Å². The first-order valence-electron chi connectivity index (χ1n) is 4.96. The molecule has 17 heavy (non-hydrogen) atoms. The highest BCUT2D eigenvalue weighted by atomic mass is 19.4. The van der Waals surface area contributed by atoms with Gasteiger partial charge in [0.15, 0.2) is 0 Å². The number of halogens is 3. The number of nitrogens with two attached hydrogens (primary N) is 1. The first-order chi connectivity index (χ1) is 7.94. The number of nitrogens with one attached hydrogen (secondary N) is 1. The Hall–Kier alpha value is -1.34. The summed E-state index contributed by atoms with van der Waals surface area (Å²) in [7, 11) is 1.62. The fourth-order valence-corrected chi connectivity index (χ4v) is 1.35. The number of ether oxygens (including phenoxy) is 1. The van der Waals surface area contributed by atoms with Gasteiger partial charge < -0.3 is 15.8 Å². The molecule has 0 bridgehead atoms. The maximum Gasteiger partial charge on any atom is 0.411 e. The van der Waals surface area contributed by atoms with Gasteiger partial charge in [0.05, 0.1) is 12.6 Å². The van der Waals surface area contributed by atoms with Crippen molar-refractivity contribution in [3.05, 3.63) is 23.9 Å². The molecule has 0 aliphatic rings. The summed E-state index contributed by atoms with van der Waals surface area (Å²) in [5, 5.41) is 2.83. The van der Waals surface area contributed by atoms with E-state index in [1.807, 2.05) is 0 Å². The number of likely N-dealkylation sites (N-methyl/N-ethyl adjacent to an activating group) is 1. The van der Waals surface area contributed by atoms with Crippen LogP contribution in [-0.4, -0.2) is 31.4 Å². The Morgan fingerprint density at radius 1 is 1.53 bits per heavy atom. The van der Waals surface area contributed by atoms with Gasteiger partial charge in [0.25, 0.3) is 0 Å². The number of hydrogen-bond donors (Lipinski definition) is 2. The van der Waals surface area contributed by atoms with E-state index in [9.17, 15) is 13.2 Å². The van der Waals surface area contributed by atoms with Crippen LogP contribution in [0.5, 0.6) is 0 Å². The van der Waals surface area contributed by atoms with Gasteiger partial charge in [0.1, 0.15) is 12.4 Å². The highest BCUT2D eigenvalue weighted by molar-refractivity contribution is 5.40. The van der Waals surface area contributed by atoms with Crippen LogP contribution in [0.15, 0.2) is 18.3 Å². The number of hydrogen-bond acceptors (Lipinski definition) is 4. The Balaban J connectivity index is 2.58. The molecule has 0 fully saturated rings. The largest absolute Gasteiger partial charge is 0.411 e. The minimum Gasteiger partial charge on any atom is -0.383 e. The maximum absolute atomic E-state index is 11.9. The van der Waals surface area contributed by atoms with Crippen LogP contribution in [0.2, 0.25) is 0 Å². The monoisotopic (exact) mass is 249 g/mol. The first-order valence-corrected chi connectivity index (χ1v) is 4.96. The lowest BCUT2D eigenvalue weighted by molar-refractivity contribution is -0.175. The maximum atomic E-state index is 11.9. The SMILES string of the molecule is CNC(COCC(F)(F)F)c1cccnc1N. The van der Waals surface area contributed by atoms with Crippen LogP contribution in [-0.2, 0) is 4.74 Å². The third-order valence-electron chi connectivity index (χ3n) is 2.15. The average molecular weight is 249 g/mol. The van der Waals surface area contributed by atoms with Gasteiger partial charge in [-0.1, -0.05) is 6.07 Å². The fraction of sp³-hybridized carbons (Fsp3) is 0.500. The van der Waals surface area contributed by atoms with Crippen LogP contribution in [0, 0.1) is 0 Å². The Morgan fingerprint density at radius 3 is 2.76 bits per heavy atom. The highest BCUT2D eigenvalue weighted by Gasteiger charge is 2.28. The molecule has 1 aromatic rings. The Morgan fingerprint density at radius 2 is 2.24 bits per heavy atom. The number of nitrogens with zero attached hydrogens (tertiary/aromatic N) is 1. The second kappa shape index (κ2) is 5.83. The van der Waals surface area contributed by atoms with Crippen molar-refractivity contribution >= 4 is 5.82 Å². The van der Waals surface area contributed by atoms with Gasteiger partial charge in [-0.3, -0.25) is 0 Å². The molecule has 96 valence electrons. The molecule has 4 nitrogen and oxygen atoms in total. The number of rotatable bonds is 5. The zero-order valence-corrected chi connectivity index (χ0v) is 9.29. The zero-order valence-electron chi connectivity index (χ0n) is 9.29. The van der Waals surface area contributed by atoms with E-state index in [-0.39, 0.29) is 12.4 Å². The summed E-state index contributed by atoms with van der Waals surface area (Å²) in [6, 6.07) is 2.95. The van der Waals surface area contributed by atoms with Gasteiger partial charge in [-0.15, -0.1) is 0 Å². The molecule has 0 aliphatic heterocycles. The van der Waals surface area contributed by atoms with E-state index in [1.165, 1.54) is 6.20 Å². The molecule has 1 atom stereocenters. The summed E-state index contributed by atoms with van der Waals surface area (Å²) >= 11 is 0. The molecule has 1 rings (SSSR count). The van der Waals surface area contributed by atoms with Gasteiger partial charge in [-0.2, -0.15) is 13.2 Å². The van der Waals surface area contributed by atoms with Crippen LogP contribution in [0.1, 0.15) is 11.6 Å². The predicted octanol–water partition coefficient (Wildman–Crippen LogP) is 1.50. The average Bonchev–Trinajstić information content (AvgIpc) is 2.24. The quantitative estimate of drug-likeness (QED) is 0.830. The summed E-state index contributed by atoms with van der Waals surface area (Å²) in [4.78, 5) is 3.86. The third kappa shape index (κ3) is 4.58. The second-order valence-corrected chi connectivity index (χ2v) is 3.45. The van der Waals surface area contributed by atoms with E-state index in [1.54, 1.807) is 19.2 Å². The molecule has 1 aromatic heterocycles. The molecule has 3 N–H and O–H groups in total. The lowest BCUT2D eigenvalue weighted by atomic mass is 10.1. The smallest absolute Gasteiger partial charge is 0.383 e. The number of aromatic nitrogens is 1. The molecule has 1 unspecified atom stereocenters. The molecule has 0 radical (unpaired) electrons. The number of pyridine rings is 1. The molecular weight excluding hydrogens is 235 g/mol. The summed E-state index contributed by atoms with van der Waals surface area (Å²) in [6.07, 6.45) is -2.80. The summed E-state index contributed by atoms with van der Waals surface area (Å²) in [5.74, 6) is 0.280. The van der Waals surface area contributed by atoms with Crippen molar-refractivity contribution in [3.8, 4) is 0 Å². The fourth-order valence-electron chi connectivity index (χ4n) is 1.35. The Kier molecular flexibility index (Phi) is 4.71. The second-order valence-electron chi connectivity index (χ2n) is 3.45. The van der Waals surface area contributed by atoms with E-state index in [0.717, 1.165) is 0 Å². The standard InChI is InChI=1S/C10H14F3N3O/c1-15-8(5-17-6-10(11,12)13)7-3-2-4-16-9(7)14/h2-4,8,15H,5-6H2,1H3,(H2,14,16). The first kappa shape index (κ1) is 13.7. The molecule has 7 heteroatoms. The topological polar surface area (TPSA) is 60.2 Å². The van der Waals surface area contributed by atoms with Gasteiger partial charge in [-0.25, -0.2) is 4.98 Å². The molecule has 0 aliphatic carbocycles. The number of alkyl halides is 3. The number of anilines is 1. The lowest BCUT2D eigenvalue weighted by Gasteiger charge is -2.18. The molecule has 0 saturated heterocycles. The van der Waals surface area contributed by atoms with E-state index in [2.05, 4.69) is 15.0 Å². The highest BCUT2D eigenvalue weighted by Crippen LogP contribution is 2.20. The van der Waals surface area contributed by atoms with Crippen LogP contribution >= 0.6 is 0 Å². The lowest BCUT2D eigenvalue weighted by Crippen LogP contribution is -2.26. The molecule has 1 heterocycles. The molecule has 0 saturated carbocycles.